The summed E-state index contributed by atoms with van der Waals surface area (Å²) in [5, 5.41) is 29.5. The quantitative estimate of drug-likeness (QED) is 0.155. The molecule has 1 aromatic heterocycles. The number of carbonyl (C=O) groups excluding carboxylic acids is 1. The van der Waals surface area contributed by atoms with Gasteiger partial charge in [-0.05, 0) is 24.6 Å². The SMILES string of the molecule is CCCCc1oc2cc(OCCCO)c(O)cc2c1C(=O)c1cc(N)c(O)c(N)c1. The van der Waals surface area contributed by atoms with Gasteiger partial charge < -0.3 is 35.9 Å². The van der Waals surface area contributed by atoms with Gasteiger partial charge in [-0.2, -0.15) is 0 Å². The number of aryl methyl sites for hydroxylation is 1. The van der Waals surface area contributed by atoms with Crippen LogP contribution in [0.15, 0.2) is 28.7 Å². The standard InChI is InChI=1S/C22H26N2O6/c1-2-3-5-17-20(21(27)12-8-14(23)22(28)15(24)9-12)13-10-16(26)19(11-18(13)30-17)29-7-4-6-25/h8-11,25-26,28H,2-7,23-24H2,1H3. The summed E-state index contributed by atoms with van der Waals surface area (Å²) in [6.07, 6.45) is 2.68. The molecule has 0 saturated carbocycles. The Morgan fingerprint density at radius 2 is 1.80 bits per heavy atom. The molecule has 0 radical (unpaired) electrons. The number of aliphatic hydroxyl groups excluding tert-OH is 1. The van der Waals surface area contributed by atoms with Crippen molar-refractivity contribution in [2.45, 2.75) is 32.6 Å². The van der Waals surface area contributed by atoms with Crippen molar-refractivity contribution in [3.63, 3.8) is 0 Å². The van der Waals surface area contributed by atoms with Crippen LogP contribution >= 0.6 is 0 Å². The van der Waals surface area contributed by atoms with Gasteiger partial charge in [0.15, 0.2) is 23.0 Å². The highest BCUT2D eigenvalue weighted by Crippen LogP contribution is 2.38. The highest BCUT2D eigenvalue weighted by Gasteiger charge is 2.24. The number of carbonyl (C=O) groups is 1. The van der Waals surface area contributed by atoms with E-state index in [1.54, 1.807) is 0 Å². The van der Waals surface area contributed by atoms with Gasteiger partial charge in [-0.3, -0.25) is 4.79 Å². The van der Waals surface area contributed by atoms with Gasteiger partial charge in [0.25, 0.3) is 0 Å². The number of phenols is 2. The highest BCUT2D eigenvalue weighted by atomic mass is 16.5. The fourth-order valence-electron chi connectivity index (χ4n) is 3.24. The summed E-state index contributed by atoms with van der Waals surface area (Å²) in [7, 11) is 0. The Bertz CT molecular complexity index is 1050. The predicted molar refractivity (Wildman–Crippen MR) is 114 cm³/mol. The monoisotopic (exact) mass is 414 g/mol. The van der Waals surface area contributed by atoms with Gasteiger partial charge in [0.05, 0.1) is 23.5 Å². The van der Waals surface area contributed by atoms with E-state index in [0.29, 0.717) is 35.1 Å². The number of hydrogen-bond donors (Lipinski definition) is 5. The summed E-state index contributed by atoms with van der Waals surface area (Å²) in [6.45, 7) is 2.24. The van der Waals surface area contributed by atoms with Crippen LogP contribution in [0.25, 0.3) is 11.0 Å². The minimum atomic E-state index is -0.369. The van der Waals surface area contributed by atoms with Gasteiger partial charge in [0, 0.05) is 36.5 Å². The molecule has 1 heterocycles. The Morgan fingerprint density at radius 3 is 2.43 bits per heavy atom. The zero-order chi connectivity index (χ0) is 21.8. The number of nitrogens with two attached hydrogens (primary N) is 2. The largest absolute Gasteiger partial charge is 0.504 e. The van der Waals surface area contributed by atoms with Crippen molar-refractivity contribution in [1.29, 1.82) is 0 Å². The summed E-state index contributed by atoms with van der Waals surface area (Å²) in [5.74, 6) is -0.0661. The van der Waals surface area contributed by atoms with Crippen molar-refractivity contribution in [2.24, 2.45) is 0 Å². The number of anilines is 2. The third kappa shape index (κ3) is 4.13. The normalized spacial score (nSPS) is 11.1. The molecule has 3 rings (SSSR count). The lowest BCUT2D eigenvalue weighted by atomic mass is 9.97. The van der Waals surface area contributed by atoms with Crippen LogP contribution in [-0.2, 0) is 6.42 Å². The molecule has 0 aliphatic rings. The zero-order valence-corrected chi connectivity index (χ0v) is 16.8. The van der Waals surface area contributed by atoms with Crippen LogP contribution in [0.5, 0.6) is 17.2 Å². The summed E-state index contributed by atoms with van der Waals surface area (Å²) < 4.78 is 11.4. The van der Waals surface area contributed by atoms with Crippen molar-refractivity contribution in [3.8, 4) is 17.2 Å². The molecule has 0 aliphatic carbocycles. The minimum Gasteiger partial charge on any atom is -0.504 e. The molecule has 0 amide bonds. The number of aromatic hydroxyl groups is 2. The predicted octanol–water partition coefficient (Wildman–Crippen LogP) is 3.34. The van der Waals surface area contributed by atoms with E-state index in [-0.39, 0.29) is 53.2 Å². The molecule has 7 N–H and O–H groups in total. The Hall–Kier alpha value is -3.39. The lowest BCUT2D eigenvalue weighted by Crippen LogP contribution is -2.06. The molecule has 0 spiro atoms. The molecular weight excluding hydrogens is 388 g/mol. The number of phenolic OH excluding ortho intramolecular Hbond substituents is 2. The molecule has 0 bridgehead atoms. The summed E-state index contributed by atoms with van der Waals surface area (Å²) in [4.78, 5) is 13.3. The van der Waals surface area contributed by atoms with Gasteiger partial charge in [0.1, 0.15) is 11.3 Å². The fourth-order valence-corrected chi connectivity index (χ4v) is 3.24. The van der Waals surface area contributed by atoms with Gasteiger partial charge in [0.2, 0.25) is 0 Å². The van der Waals surface area contributed by atoms with Crippen molar-refractivity contribution in [2.75, 3.05) is 24.7 Å². The Labute approximate surface area is 173 Å². The summed E-state index contributed by atoms with van der Waals surface area (Å²) in [6, 6.07) is 5.70. The Morgan fingerprint density at radius 1 is 1.10 bits per heavy atom. The van der Waals surface area contributed by atoms with Crippen molar-refractivity contribution in [3.05, 3.63) is 41.2 Å². The fraction of sp³-hybridized carbons (Fsp3) is 0.318. The number of fused-ring (bicyclic) bond motifs is 1. The third-order valence-electron chi connectivity index (χ3n) is 4.82. The number of nitrogen functional groups attached to an aromatic ring is 2. The molecule has 8 nitrogen and oxygen atoms in total. The first-order chi connectivity index (χ1) is 14.4. The van der Waals surface area contributed by atoms with Gasteiger partial charge in [-0.15, -0.1) is 0 Å². The lowest BCUT2D eigenvalue weighted by molar-refractivity contribution is 0.103. The number of hydrogen-bond acceptors (Lipinski definition) is 8. The van der Waals surface area contributed by atoms with Crippen molar-refractivity contribution in [1.82, 2.24) is 0 Å². The number of furan rings is 1. The van der Waals surface area contributed by atoms with Crippen LogP contribution in [0, 0.1) is 0 Å². The first-order valence-corrected chi connectivity index (χ1v) is 9.82. The average molecular weight is 414 g/mol. The van der Waals surface area contributed by atoms with Gasteiger partial charge in [-0.25, -0.2) is 0 Å². The Balaban J connectivity index is 2.11. The number of unbranched alkanes of at least 4 members (excludes halogenated alkanes) is 1. The van der Waals surface area contributed by atoms with E-state index >= 15 is 0 Å². The van der Waals surface area contributed by atoms with Crippen LogP contribution in [0.3, 0.4) is 0 Å². The maximum Gasteiger partial charge on any atom is 0.197 e. The lowest BCUT2D eigenvalue weighted by Gasteiger charge is -2.09. The molecule has 0 fully saturated rings. The number of ether oxygens (including phenoxy) is 1. The molecule has 0 aliphatic heterocycles. The summed E-state index contributed by atoms with van der Waals surface area (Å²) >= 11 is 0. The highest BCUT2D eigenvalue weighted by molar-refractivity contribution is 6.18. The number of benzene rings is 2. The van der Waals surface area contributed by atoms with E-state index in [9.17, 15) is 15.0 Å². The smallest absolute Gasteiger partial charge is 0.197 e. The molecule has 0 atom stereocenters. The second kappa shape index (κ2) is 8.96. The molecule has 30 heavy (non-hydrogen) atoms. The van der Waals surface area contributed by atoms with Crippen LogP contribution < -0.4 is 16.2 Å². The summed E-state index contributed by atoms with van der Waals surface area (Å²) in [5.41, 5.74) is 12.5. The maximum absolute atomic E-state index is 13.3. The zero-order valence-electron chi connectivity index (χ0n) is 16.8. The molecular formula is C22H26N2O6. The molecule has 2 aromatic carbocycles. The van der Waals surface area contributed by atoms with Gasteiger partial charge in [-0.1, -0.05) is 13.3 Å². The van der Waals surface area contributed by atoms with Crippen molar-refractivity contribution >= 4 is 28.1 Å². The first kappa shape index (κ1) is 21.3. The Kier molecular flexibility index (Phi) is 6.37. The molecule has 8 heteroatoms. The maximum atomic E-state index is 13.3. The number of rotatable bonds is 9. The molecule has 0 unspecified atom stereocenters. The van der Waals surface area contributed by atoms with Crippen molar-refractivity contribution < 1.29 is 29.3 Å². The van der Waals surface area contributed by atoms with E-state index < -0.39 is 0 Å². The molecule has 0 saturated heterocycles. The first-order valence-electron chi connectivity index (χ1n) is 9.82. The van der Waals surface area contributed by atoms with E-state index in [2.05, 4.69) is 0 Å². The molecule has 3 aromatic rings. The third-order valence-corrected chi connectivity index (χ3v) is 4.82. The van der Waals surface area contributed by atoms with Crippen LogP contribution in [0.4, 0.5) is 11.4 Å². The second-order valence-corrected chi connectivity index (χ2v) is 7.08. The number of aliphatic hydroxyl groups is 1. The van der Waals surface area contributed by atoms with E-state index in [0.717, 1.165) is 12.8 Å². The second-order valence-electron chi connectivity index (χ2n) is 7.08. The minimum absolute atomic E-state index is 0.00340. The molecule has 160 valence electrons. The number of ketones is 1. The van der Waals surface area contributed by atoms with E-state index in [1.165, 1.54) is 24.3 Å². The van der Waals surface area contributed by atoms with Crippen LogP contribution in [-0.4, -0.2) is 34.3 Å². The van der Waals surface area contributed by atoms with Gasteiger partial charge >= 0.3 is 0 Å². The average Bonchev–Trinajstić information content (AvgIpc) is 3.06. The van der Waals surface area contributed by atoms with E-state index in [1.807, 2.05) is 6.92 Å². The van der Waals surface area contributed by atoms with Crippen LogP contribution in [0.2, 0.25) is 0 Å². The van der Waals surface area contributed by atoms with E-state index in [4.69, 9.17) is 25.7 Å². The van der Waals surface area contributed by atoms with Crippen LogP contribution in [0.1, 0.15) is 47.9 Å². The topological polar surface area (TPSA) is 152 Å².